The molecule has 18 heavy (non-hydrogen) atoms. The summed E-state index contributed by atoms with van der Waals surface area (Å²) in [5.41, 5.74) is 0.892. The molecule has 1 atom stereocenters. The highest BCUT2D eigenvalue weighted by Gasteiger charge is 2.32. The van der Waals surface area contributed by atoms with E-state index < -0.39 is 9.04 Å². The average Bonchev–Trinajstić information content (AvgIpc) is 2.54. The van der Waals surface area contributed by atoms with E-state index in [2.05, 4.69) is 38.8 Å². The number of aryl methyl sites for hydroxylation is 1. The van der Waals surface area contributed by atoms with Gasteiger partial charge >= 0.3 is 0 Å². The quantitative estimate of drug-likeness (QED) is 0.771. The van der Waals surface area contributed by atoms with Gasteiger partial charge in [-0.1, -0.05) is 20.8 Å². The molecule has 0 spiro atoms. The molecule has 0 bridgehead atoms. The Morgan fingerprint density at radius 2 is 1.94 bits per heavy atom. The number of ether oxygens (including phenoxy) is 1. The summed E-state index contributed by atoms with van der Waals surface area (Å²) in [7, 11) is 0.492. The summed E-state index contributed by atoms with van der Waals surface area (Å²) in [6, 6.07) is 0. The van der Waals surface area contributed by atoms with Gasteiger partial charge in [-0.15, -0.1) is 0 Å². The summed E-state index contributed by atoms with van der Waals surface area (Å²) in [4.78, 5) is 4.39. The summed E-state index contributed by atoms with van der Waals surface area (Å²) in [5.74, 6) is 1.46. The topological polar surface area (TPSA) is 44.5 Å². The molecule has 0 aliphatic rings. The smallest absolute Gasteiger partial charge is 0.220 e. The normalized spacial score (nSPS) is 14.2. The van der Waals surface area contributed by atoms with Crippen LogP contribution in [0, 0.1) is 12.3 Å². The van der Waals surface area contributed by atoms with Crippen LogP contribution in [0.4, 0.5) is 0 Å². The van der Waals surface area contributed by atoms with Gasteiger partial charge in [0.2, 0.25) is 5.89 Å². The first-order valence-corrected chi connectivity index (χ1v) is 9.14. The zero-order valence-corrected chi connectivity index (χ0v) is 13.7. The Kier molecular flexibility index (Phi) is 5.13. The number of hydrogen-bond donors (Lipinski definition) is 0. The van der Waals surface area contributed by atoms with Crippen molar-refractivity contribution in [1.82, 2.24) is 4.98 Å². The molecule has 1 heterocycles. The summed E-state index contributed by atoms with van der Waals surface area (Å²) in [6.45, 7) is 13.2. The molecule has 0 aliphatic heterocycles. The van der Waals surface area contributed by atoms with Gasteiger partial charge in [-0.3, -0.25) is 0 Å². The maximum atomic E-state index is 6.14. The summed E-state index contributed by atoms with van der Waals surface area (Å²) in [6.07, 6.45) is -0.0396. The number of nitrogens with zero attached hydrogens (tertiary/aromatic N) is 1. The second-order valence-electron chi connectivity index (χ2n) is 5.92. The standard InChI is InChI=1S/C13H25NO3Si/c1-9-11(16-10(14-9)8-15-5)12(13(2,3)4)17-18(6)7/h12,18H,8H2,1-7H3. The van der Waals surface area contributed by atoms with Crippen molar-refractivity contribution in [1.29, 1.82) is 0 Å². The minimum Gasteiger partial charge on any atom is -0.440 e. The van der Waals surface area contributed by atoms with Gasteiger partial charge in [0.1, 0.15) is 12.7 Å². The van der Waals surface area contributed by atoms with E-state index in [9.17, 15) is 0 Å². The Hall–Kier alpha value is -0.653. The molecule has 0 N–H and O–H groups in total. The lowest BCUT2D eigenvalue weighted by Crippen LogP contribution is -2.26. The lowest BCUT2D eigenvalue weighted by molar-refractivity contribution is 0.0611. The summed E-state index contributed by atoms with van der Waals surface area (Å²) < 4.78 is 17.0. The van der Waals surface area contributed by atoms with Gasteiger partial charge in [0.25, 0.3) is 0 Å². The predicted molar refractivity (Wildman–Crippen MR) is 74.1 cm³/mol. The van der Waals surface area contributed by atoms with Crippen LogP contribution in [0.3, 0.4) is 0 Å². The number of methoxy groups -OCH3 is 1. The van der Waals surface area contributed by atoms with Crippen LogP contribution in [0.2, 0.25) is 13.1 Å². The van der Waals surface area contributed by atoms with Crippen molar-refractivity contribution >= 4 is 9.04 Å². The summed E-state index contributed by atoms with van der Waals surface area (Å²) in [5, 5.41) is 0. The van der Waals surface area contributed by atoms with E-state index in [1.54, 1.807) is 7.11 Å². The minimum atomic E-state index is -1.14. The monoisotopic (exact) mass is 271 g/mol. The van der Waals surface area contributed by atoms with E-state index in [4.69, 9.17) is 13.6 Å². The number of aromatic nitrogens is 1. The number of oxazole rings is 1. The highest BCUT2D eigenvalue weighted by atomic mass is 28.3. The fraction of sp³-hybridized carbons (Fsp3) is 0.769. The second kappa shape index (κ2) is 5.99. The minimum absolute atomic E-state index is 0.00803. The largest absolute Gasteiger partial charge is 0.440 e. The fourth-order valence-electron chi connectivity index (χ4n) is 1.83. The van der Waals surface area contributed by atoms with Gasteiger partial charge in [0, 0.05) is 7.11 Å². The molecule has 1 aromatic heterocycles. The van der Waals surface area contributed by atoms with Crippen molar-refractivity contribution < 1.29 is 13.6 Å². The van der Waals surface area contributed by atoms with Crippen molar-refractivity contribution in [2.24, 2.45) is 5.41 Å². The molecule has 0 amide bonds. The molecular formula is C13H25NO3Si. The van der Waals surface area contributed by atoms with E-state index in [-0.39, 0.29) is 11.5 Å². The molecule has 0 saturated heterocycles. The Morgan fingerprint density at radius 3 is 2.39 bits per heavy atom. The molecule has 0 aromatic carbocycles. The SMILES string of the molecule is COCc1nc(C)c(C(O[SiH](C)C)C(C)(C)C)o1. The van der Waals surface area contributed by atoms with Gasteiger partial charge in [-0.25, -0.2) is 4.98 Å². The van der Waals surface area contributed by atoms with Crippen molar-refractivity contribution in [2.75, 3.05) is 7.11 Å². The molecule has 0 aliphatic carbocycles. The first kappa shape index (κ1) is 15.4. The second-order valence-corrected chi connectivity index (χ2v) is 8.29. The molecular weight excluding hydrogens is 246 g/mol. The van der Waals surface area contributed by atoms with Crippen molar-refractivity contribution in [3.05, 3.63) is 17.3 Å². The molecule has 1 aromatic rings. The van der Waals surface area contributed by atoms with Crippen LogP contribution in [0.15, 0.2) is 4.42 Å². The van der Waals surface area contributed by atoms with Crippen LogP contribution in [0.5, 0.6) is 0 Å². The van der Waals surface area contributed by atoms with Crippen LogP contribution in [-0.2, 0) is 15.8 Å². The zero-order chi connectivity index (χ0) is 13.9. The summed E-state index contributed by atoms with van der Waals surface area (Å²) >= 11 is 0. The molecule has 1 rings (SSSR count). The molecule has 104 valence electrons. The molecule has 0 saturated carbocycles. The van der Waals surface area contributed by atoms with Gasteiger partial charge in [-0.2, -0.15) is 0 Å². The zero-order valence-electron chi connectivity index (χ0n) is 12.5. The van der Waals surface area contributed by atoms with Crippen LogP contribution < -0.4 is 0 Å². The van der Waals surface area contributed by atoms with E-state index >= 15 is 0 Å². The van der Waals surface area contributed by atoms with E-state index in [0.717, 1.165) is 11.5 Å². The van der Waals surface area contributed by atoms with Gasteiger partial charge in [-0.05, 0) is 25.4 Å². The first-order chi connectivity index (χ1) is 8.25. The molecule has 0 radical (unpaired) electrons. The van der Waals surface area contributed by atoms with Gasteiger partial charge < -0.3 is 13.6 Å². The third kappa shape index (κ3) is 3.93. The van der Waals surface area contributed by atoms with Crippen molar-refractivity contribution in [3.63, 3.8) is 0 Å². The number of rotatable bonds is 5. The number of hydrogen-bond acceptors (Lipinski definition) is 4. The predicted octanol–water partition coefficient (Wildman–Crippen LogP) is 3.22. The van der Waals surface area contributed by atoms with Crippen LogP contribution in [-0.4, -0.2) is 21.1 Å². The van der Waals surface area contributed by atoms with Crippen LogP contribution in [0.25, 0.3) is 0 Å². The first-order valence-electron chi connectivity index (χ1n) is 6.36. The highest BCUT2D eigenvalue weighted by Crippen LogP contribution is 2.38. The Morgan fingerprint density at radius 1 is 1.33 bits per heavy atom. The Labute approximate surface area is 111 Å². The van der Waals surface area contributed by atoms with Crippen molar-refractivity contribution in [3.8, 4) is 0 Å². The highest BCUT2D eigenvalue weighted by molar-refractivity contribution is 6.48. The lowest BCUT2D eigenvalue weighted by Gasteiger charge is -2.31. The van der Waals surface area contributed by atoms with Crippen LogP contribution >= 0.6 is 0 Å². The van der Waals surface area contributed by atoms with Crippen molar-refractivity contribution in [2.45, 2.75) is 53.5 Å². The molecule has 5 heteroatoms. The van der Waals surface area contributed by atoms with E-state index in [1.165, 1.54) is 0 Å². The maximum absolute atomic E-state index is 6.14. The van der Waals surface area contributed by atoms with E-state index in [0.29, 0.717) is 12.5 Å². The average molecular weight is 271 g/mol. The molecule has 4 nitrogen and oxygen atoms in total. The van der Waals surface area contributed by atoms with E-state index in [1.807, 2.05) is 6.92 Å². The lowest BCUT2D eigenvalue weighted by atomic mass is 9.87. The maximum Gasteiger partial charge on any atom is 0.220 e. The Bertz CT molecular complexity index is 382. The van der Waals surface area contributed by atoms with Gasteiger partial charge in [0.15, 0.2) is 14.8 Å². The fourth-order valence-corrected chi connectivity index (χ4v) is 2.90. The Balaban J connectivity index is 3.05. The third-order valence-electron chi connectivity index (χ3n) is 2.58. The molecule has 0 fully saturated rings. The molecule has 1 unspecified atom stereocenters. The van der Waals surface area contributed by atoms with Crippen LogP contribution in [0.1, 0.15) is 44.2 Å². The third-order valence-corrected chi connectivity index (χ3v) is 3.39. The van der Waals surface area contributed by atoms with Gasteiger partial charge in [0.05, 0.1) is 5.69 Å².